The van der Waals surface area contributed by atoms with Crippen molar-refractivity contribution < 1.29 is 14.3 Å². The van der Waals surface area contributed by atoms with Gasteiger partial charge >= 0.3 is 5.97 Å². The number of aromatic nitrogens is 1. The van der Waals surface area contributed by atoms with Crippen LogP contribution >= 0.6 is 0 Å². The molecule has 2 unspecified atom stereocenters. The van der Waals surface area contributed by atoms with Gasteiger partial charge < -0.3 is 14.4 Å². The molecule has 5 heteroatoms. The highest BCUT2D eigenvalue weighted by atomic mass is 16.4. The number of hydrogen-bond donors (Lipinski definition) is 1. The van der Waals surface area contributed by atoms with Crippen LogP contribution in [0.1, 0.15) is 34.0 Å². The summed E-state index contributed by atoms with van der Waals surface area (Å²) in [6, 6.07) is 7.34. The Morgan fingerprint density at radius 3 is 2.73 bits per heavy atom. The zero-order valence-electron chi connectivity index (χ0n) is 12.5. The summed E-state index contributed by atoms with van der Waals surface area (Å²) < 4.78 is 5.32. The summed E-state index contributed by atoms with van der Waals surface area (Å²) in [6.07, 6.45) is 1.95. The second kappa shape index (κ2) is 4.87. The number of furan rings is 1. The topological polar surface area (TPSA) is 66.6 Å². The SMILES string of the molecule is Cc1nc(N2CC3CC3C2)ccc1Cc1ccc(C(=O)O)o1. The molecule has 0 bridgehead atoms. The molecule has 1 aliphatic heterocycles. The Morgan fingerprint density at radius 2 is 2.09 bits per heavy atom. The molecule has 3 heterocycles. The first-order chi connectivity index (χ1) is 10.6. The van der Waals surface area contributed by atoms with Crippen LogP contribution < -0.4 is 4.90 Å². The second-order valence-corrected chi connectivity index (χ2v) is 6.32. The molecule has 114 valence electrons. The molecule has 22 heavy (non-hydrogen) atoms. The number of carbonyl (C=O) groups is 1. The van der Waals surface area contributed by atoms with Crippen molar-refractivity contribution in [3.8, 4) is 0 Å². The van der Waals surface area contributed by atoms with Crippen molar-refractivity contribution in [3.05, 3.63) is 47.0 Å². The molecule has 2 aromatic heterocycles. The molecule has 2 atom stereocenters. The van der Waals surface area contributed by atoms with E-state index >= 15 is 0 Å². The number of rotatable bonds is 4. The van der Waals surface area contributed by atoms with Gasteiger partial charge in [-0.2, -0.15) is 0 Å². The van der Waals surface area contributed by atoms with Crippen molar-refractivity contribution in [3.63, 3.8) is 0 Å². The van der Waals surface area contributed by atoms with E-state index < -0.39 is 5.97 Å². The molecule has 0 spiro atoms. The van der Waals surface area contributed by atoms with Gasteiger partial charge in [0, 0.05) is 25.2 Å². The van der Waals surface area contributed by atoms with Gasteiger partial charge in [-0.05, 0) is 48.9 Å². The summed E-state index contributed by atoms with van der Waals surface area (Å²) in [5.74, 6) is 2.42. The Balaban J connectivity index is 1.50. The Hall–Kier alpha value is -2.30. The molecule has 0 amide bonds. The number of carboxylic acid groups (broad SMARTS) is 1. The van der Waals surface area contributed by atoms with E-state index in [1.807, 2.05) is 6.92 Å². The fraction of sp³-hybridized carbons (Fsp3) is 0.412. The van der Waals surface area contributed by atoms with E-state index in [4.69, 9.17) is 14.5 Å². The van der Waals surface area contributed by atoms with Crippen molar-refractivity contribution >= 4 is 11.8 Å². The predicted octanol–water partition coefficient (Wildman–Crippen LogP) is 2.73. The first kappa shape index (κ1) is 13.4. The number of carboxylic acids is 1. The molecule has 4 rings (SSSR count). The van der Waals surface area contributed by atoms with E-state index in [0.717, 1.165) is 42.0 Å². The standard InChI is InChI=1S/C17H18N2O3/c1-10-11(7-14-3-4-15(22-14)17(20)21)2-5-16(18-10)19-8-12-6-13(12)9-19/h2-5,12-13H,6-9H2,1H3,(H,20,21). The van der Waals surface area contributed by atoms with Crippen LogP contribution in [-0.2, 0) is 6.42 Å². The molecule has 2 aromatic rings. The molecule has 2 aliphatic rings. The number of aryl methyl sites for hydroxylation is 1. The summed E-state index contributed by atoms with van der Waals surface area (Å²) in [4.78, 5) is 17.9. The number of piperidine rings is 1. The first-order valence-electron chi connectivity index (χ1n) is 7.63. The van der Waals surface area contributed by atoms with Crippen LogP contribution in [0.3, 0.4) is 0 Å². The van der Waals surface area contributed by atoms with Crippen LogP contribution in [0.15, 0.2) is 28.7 Å². The quantitative estimate of drug-likeness (QED) is 0.940. The predicted molar refractivity (Wildman–Crippen MR) is 81.3 cm³/mol. The van der Waals surface area contributed by atoms with Crippen LogP contribution in [0, 0.1) is 18.8 Å². The Bertz CT molecular complexity index is 727. The van der Waals surface area contributed by atoms with Crippen LogP contribution in [0.5, 0.6) is 0 Å². The van der Waals surface area contributed by atoms with Crippen LogP contribution in [0.25, 0.3) is 0 Å². The highest BCUT2D eigenvalue weighted by molar-refractivity contribution is 5.84. The molecule has 0 radical (unpaired) electrons. The number of nitrogens with zero attached hydrogens (tertiary/aromatic N) is 2. The number of hydrogen-bond acceptors (Lipinski definition) is 4. The summed E-state index contributed by atoms with van der Waals surface area (Å²) in [5, 5.41) is 8.89. The van der Waals surface area contributed by atoms with E-state index in [1.54, 1.807) is 6.07 Å². The molecule has 2 fully saturated rings. The van der Waals surface area contributed by atoms with Crippen molar-refractivity contribution in [1.29, 1.82) is 0 Å². The molecular formula is C17H18N2O3. The Morgan fingerprint density at radius 1 is 1.32 bits per heavy atom. The number of fused-ring (bicyclic) bond motifs is 1. The lowest BCUT2D eigenvalue weighted by Gasteiger charge is -2.20. The van der Waals surface area contributed by atoms with Gasteiger partial charge in [-0.25, -0.2) is 9.78 Å². The second-order valence-electron chi connectivity index (χ2n) is 6.32. The van der Waals surface area contributed by atoms with Crippen molar-refractivity contribution in [2.75, 3.05) is 18.0 Å². The van der Waals surface area contributed by atoms with Crippen molar-refractivity contribution in [1.82, 2.24) is 4.98 Å². The van der Waals surface area contributed by atoms with Crippen molar-refractivity contribution in [2.24, 2.45) is 11.8 Å². The lowest BCUT2D eigenvalue weighted by atomic mass is 10.1. The minimum absolute atomic E-state index is 0.0199. The summed E-state index contributed by atoms with van der Waals surface area (Å²) in [7, 11) is 0. The minimum atomic E-state index is -1.04. The van der Waals surface area contributed by atoms with E-state index in [-0.39, 0.29) is 5.76 Å². The van der Waals surface area contributed by atoms with E-state index in [2.05, 4.69) is 17.0 Å². The lowest BCUT2D eigenvalue weighted by Crippen LogP contribution is -2.23. The molecule has 0 aromatic carbocycles. The smallest absolute Gasteiger partial charge is 0.371 e. The fourth-order valence-electron chi connectivity index (χ4n) is 3.30. The summed E-state index contributed by atoms with van der Waals surface area (Å²) >= 11 is 0. The highest BCUT2D eigenvalue weighted by Crippen LogP contribution is 2.45. The zero-order chi connectivity index (χ0) is 15.3. The van der Waals surface area contributed by atoms with Crippen LogP contribution in [-0.4, -0.2) is 29.1 Å². The normalized spacial score (nSPS) is 22.7. The number of aromatic carboxylic acids is 1. The number of anilines is 1. The molecular weight excluding hydrogens is 280 g/mol. The zero-order valence-corrected chi connectivity index (χ0v) is 12.5. The van der Waals surface area contributed by atoms with E-state index in [0.29, 0.717) is 12.2 Å². The van der Waals surface area contributed by atoms with Crippen LogP contribution in [0.2, 0.25) is 0 Å². The minimum Gasteiger partial charge on any atom is -0.475 e. The van der Waals surface area contributed by atoms with Crippen molar-refractivity contribution in [2.45, 2.75) is 19.8 Å². The van der Waals surface area contributed by atoms with E-state index in [9.17, 15) is 4.79 Å². The molecule has 1 saturated carbocycles. The first-order valence-corrected chi connectivity index (χ1v) is 7.63. The molecule has 1 N–H and O–H groups in total. The lowest BCUT2D eigenvalue weighted by molar-refractivity contribution is 0.0660. The maximum atomic E-state index is 10.8. The Kier molecular flexibility index (Phi) is 2.96. The summed E-state index contributed by atoms with van der Waals surface area (Å²) in [5.41, 5.74) is 2.05. The Labute approximate surface area is 128 Å². The average Bonchev–Trinajstić information content (AvgIpc) is 2.89. The van der Waals surface area contributed by atoms with Gasteiger partial charge in [-0.3, -0.25) is 0 Å². The largest absolute Gasteiger partial charge is 0.475 e. The van der Waals surface area contributed by atoms with Gasteiger partial charge in [0.2, 0.25) is 5.76 Å². The van der Waals surface area contributed by atoms with Gasteiger partial charge in [-0.1, -0.05) is 6.07 Å². The van der Waals surface area contributed by atoms with Crippen LogP contribution in [0.4, 0.5) is 5.82 Å². The van der Waals surface area contributed by atoms with Gasteiger partial charge in [0.05, 0.1) is 0 Å². The third kappa shape index (κ3) is 2.36. The monoisotopic (exact) mass is 298 g/mol. The van der Waals surface area contributed by atoms with Gasteiger partial charge in [0.15, 0.2) is 0 Å². The molecule has 1 saturated heterocycles. The average molecular weight is 298 g/mol. The maximum absolute atomic E-state index is 10.8. The van der Waals surface area contributed by atoms with Gasteiger partial charge in [0.1, 0.15) is 11.6 Å². The molecule has 1 aliphatic carbocycles. The van der Waals surface area contributed by atoms with E-state index in [1.165, 1.54) is 12.5 Å². The van der Waals surface area contributed by atoms with Gasteiger partial charge in [-0.15, -0.1) is 0 Å². The third-order valence-corrected chi connectivity index (χ3v) is 4.72. The maximum Gasteiger partial charge on any atom is 0.371 e. The highest BCUT2D eigenvalue weighted by Gasteiger charge is 2.45. The third-order valence-electron chi connectivity index (χ3n) is 4.72. The molecule has 5 nitrogen and oxygen atoms in total. The summed E-state index contributed by atoms with van der Waals surface area (Å²) in [6.45, 7) is 4.27. The number of pyridine rings is 1. The van der Waals surface area contributed by atoms with Gasteiger partial charge in [0.25, 0.3) is 0 Å². The fourth-order valence-corrected chi connectivity index (χ4v) is 3.30.